The minimum absolute atomic E-state index is 0. The molecule has 1 aromatic carbocycles. The lowest BCUT2D eigenvalue weighted by atomic mass is 10.1. The maximum absolute atomic E-state index is 11.0. The molecule has 1 aromatic rings. The van der Waals surface area contributed by atoms with Crippen LogP contribution in [0.3, 0.4) is 0 Å². The van der Waals surface area contributed by atoms with Gasteiger partial charge in [0.25, 0.3) is 0 Å². The summed E-state index contributed by atoms with van der Waals surface area (Å²) in [7, 11) is 0. The second kappa shape index (κ2) is 12.0. The molecule has 0 radical (unpaired) electrons. The number of amides is 1. The van der Waals surface area contributed by atoms with E-state index in [1.807, 2.05) is 0 Å². The molecule has 0 aromatic heterocycles. The number of rotatable bonds is 7. The zero-order chi connectivity index (χ0) is 13.4. The Morgan fingerprint density at radius 2 is 1.60 bits per heavy atom. The first-order valence-electron chi connectivity index (χ1n) is 6.46. The van der Waals surface area contributed by atoms with Gasteiger partial charge < -0.3 is 11.1 Å². The van der Waals surface area contributed by atoms with Crippen LogP contribution in [0.1, 0.15) is 25.0 Å². The maximum atomic E-state index is 11.0. The van der Waals surface area contributed by atoms with Crippen molar-refractivity contribution in [3.05, 3.63) is 35.4 Å². The molecule has 4 nitrogen and oxygen atoms in total. The molecule has 0 aliphatic rings. The van der Waals surface area contributed by atoms with Crippen LogP contribution in [-0.4, -0.2) is 30.4 Å². The second-order valence-electron chi connectivity index (χ2n) is 4.26. The summed E-state index contributed by atoms with van der Waals surface area (Å²) in [5.74, 6) is -0.123. The van der Waals surface area contributed by atoms with Gasteiger partial charge in [0.05, 0.1) is 6.54 Å². The molecular weight excluding hydrogens is 297 g/mol. The maximum Gasteiger partial charge on any atom is 0.234 e. The number of carbonyl (C=O) groups is 1. The van der Waals surface area contributed by atoms with E-state index in [2.05, 4.69) is 48.3 Å². The summed E-state index contributed by atoms with van der Waals surface area (Å²) in [6, 6.07) is 8.33. The fraction of sp³-hybridized carbons (Fsp3) is 0.500. The van der Waals surface area contributed by atoms with E-state index in [1.54, 1.807) is 0 Å². The number of hydrogen-bond donors (Lipinski definition) is 2. The lowest BCUT2D eigenvalue weighted by Gasteiger charge is -2.18. The van der Waals surface area contributed by atoms with Crippen molar-refractivity contribution in [3.63, 3.8) is 0 Å². The number of halogens is 2. The Labute approximate surface area is 133 Å². The highest BCUT2D eigenvalue weighted by Gasteiger charge is 2.02. The zero-order valence-corrected chi connectivity index (χ0v) is 13.7. The van der Waals surface area contributed by atoms with E-state index in [0.29, 0.717) is 6.54 Å². The average Bonchev–Trinajstić information content (AvgIpc) is 2.43. The highest BCUT2D eigenvalue weighted by atomic mass is 35.5. The van der Waals surface area contributed by atoms with E-state index in [9.17, 15) is 4.79 Å². The number of nitrogens with zero attached hydrogens (tertiary/aromatic N) is 1. The van der Waals surface area contributed by atoms with Gasteiger partial charge in [0, 0.05) is 13.1 Å². The Balaban J connectivity index is 0. The van der Waals surface area contributed by atoms with Gasteiger partial charge in [-0.1, -0.05) is 38.1 Å². The van der Waals surface area contributed by atoms with Gasteiger partial charge in [0.1, 0.15) is 0 Å². The molecule has 1 rings (SSSR count). The van der Waals surface area contributed by atoms with Gasteiger partial charge in [-0.05, 0) is 24.2 Å². The molecule has 0 fully saturated rings. The van der Waals surface area contributed by atoms with Crippen LogP contribution in [-0.2, 0) is 17.9 Å². The van der Waals surface area contributed by atoms with Crippen LogP contribution in [0.15, 0.2) is 24.3 Å². The number of carbonyl (C=O) groups excluding carboxylic acids is 1. The number of benzene rings is 1. The summed E-state index contributed by atoms with van der Waals surface area (Å²) in [6.45, 7) is 8.01. The molecule has 6 heteroatoms. The van der Waals surface area contributed by atoms with Crippen LogP contribution in [0.5, 0.6) is 0 Å². The summed E-state index contributed by atoms with van der Waals surface area (Å²) >= 11 is 0. The van der Waals surface area contributed by atoms with E-state index in [4.69, 9.17) is 5.73 Å². The first-order chi connectivity index (χ1) is 8.69. The van der Waals surface area contributed by atoms with Crippen LogP contribution in [0.4, 0.5) is 0 Å². The predicted molar refractivity (Wildman–Crippen MR) is 88.5 cm³/mol. The third-order valence-corrected chi connectivity index (χ3v) is 3.00. The highest BCUT2D eigenvalue weighted by molar-refractivity contribution is 5.85. The summed E-state index contributed by atoms with van der Waals surface area (Å²) in [5.41, 5.74) is 7.62. The molecule has 116 valence electrons. The molecule has 0 spiro atoms. The van der Waals surface area contributed by atoms with Gasteiger partial charge in [-0.3, -0.25) is 9.69 Å². The molecule has 0 aliphatic heterocycles. The van der Waals surface area contributed by atoms with E-state index >= 15 is 0 Å². The molecule has 0 unspecified atom stereocenters. The van der Waals surface area contributed by atoms with Crippen LogP contribution < -0.4 is 11.1 Å². The minimum atomic E-state index is -0.123. The topological polar surface area (TPSA) is 58.4 Å². The Morgan fingerprint density at radius 1 is 1.10 bits per heavy atom. The standard InChI is InChI=1S/C14H23N3O.2ClH/c1-3-17(4-2)11-13-7-5-12(6-8-13)10-16-14(18)9-15;;/h5-8H,3-4,9-11,15H2,1-2H3,(H,16,18);2*1H. The first kappa shape index (κ1) is 21.5. The van der Waals surface area contributed by atoms with Crippen molar-refractivity contribution in [2.75, 3.05) is 19.6 Å². The fourth-order valence-corrected chi connectivity index (χ4v) is 1.74. The van der Waals surface area contributed by atoms with E-state index in [-0.39, 0.29) is 37.3 Å². The van der Waals surface area contributed by atoms with E-state index in [0.717, 1.165) is 25.2 Å². The monoisotopic (exact) mass is 321 g/mol. The van der Waals surface area contributed by atoms with Gasteiger partial charge in [-0.15, -0.1) is 24.8 Å². The van der Waals surface area contributed by atoms with Gasteiger partial charge >= 0.3 is 0 Å². The van der Waals surface area contributed by atoms with Crippen molar-refractivity contribution in [1.82, 2.24) is 10.2 Å². The molecule has 0 aliphatic carbocycles. The van der Waals surface area contributed by atoms with Crippen molar-refractivity contribution < 1.29 is 4.79 Å². The third kappa shape index (κ3) is 7.70. The largest absolute Gasteiger partial charge is 0.351 e. The zero-order valence-electron chi connectivity index (χ0n) is 12.1. The number of hydrogen-bond acceptors (Lipinski definition) is 3. The van der Waals surface area contributed by atoms with Gasteiger partial charge in [0.2, 0.25) is 5.91 Å². The van der Waals surface area contributed by atoms with Gasteiger partial charge in [-0.25, -0.2) is 0 Å². The van der Waals surface area contributed by atoms with Crippen LogP contribution in [0.25, 0.3) is 0 Å². The molecular formula is C14H25Cl2N3O. The smallest absolute Gasteiger partial charge is 0.234 e. The summed E-state index contributed by atoms with van der Waals surface area (Å²) in [6.07, 6.45) is 0. The average molecular weight is 322 g/mol. The molecule has 3 N–H and O–H groups in total. The summed E-state index contributed by atoms with van der Waals surface area (Å²) < 4.78 is 0. The molecule has 0 heterocycles. The highest BCUT2D eigenvalue weighted by Crippen LogP contribution is 2.07. The number of nitrogens with two attached hydrogens (primary N) is 1. The SMILES string of the molecule is CCN(CC)Cc1ccc(CNC(=O)CN)cc1.Cl.Cl. The Kier molecular flexibility index (Phi) is 12.9. The van der Waals surface area contributed by atoms with Crippen molar-refractivity contribution in [1.29, 1.82) is 0 Å². The molecule has 0 saturated heterocycles. The van der Waals surface area contributed by atoms with Gasteiger partial charge in [0.15, 0.2) is 0 Å². The van der Waals surface area contributed by atoms with Crippen LogP contribution in [0.2, 0.25) is 0 Å². The quantitative estimate of drug-likeness (QED) is 0.807. The molecule has 0 atom stereocenters. The van der Waals surface area contributed by atoms with E-state index in [1.165, 1.54) is 5.56 Å². The normalized spacial score (nSPS) is 9.60. The Morgan fingerprint density at radius 3 is 2.05 bits per heavy atom. The van der Waals surface area contributed by atoms with Crippen molar-refractivity contribution in [3.8, 4) is 0 Å². The fourth-order valence-electron chi connectivity index (χ4n) is 1.74. The summed E-state index contributed by atoms with van der Waals surface area (Å²) in [4.78, 5) is 13.4. The third-order valence-electron chi connectivity index (χ3n) is 3.00. The first-order valence-corrected chi connectivity index (χ1v) is 6.46. The van der Waals surface area contributed by atoms with Crippen LogP contribution >= 0.6 is 24.8 Å². The van der Waals surface area contributed by atoms with Crippen molar-refractivity contribution in [2.45, 2.75) is 26.9 Å². The molecule has 0 bridgehead atoms. The lowest BCUT2D eigenvalue weighted by Crippen LogP contribution is -2.29. The van der Waals surface area contributed by atoms with Crippen molar-refractivity contribution >= 4 is 30.7 Å². The number of nitrogens with one attached hydrogen (secondary N) is 1. The lowest BCUT2D eigenvalue weighted by molar-refractivity contribution is -0.119. The van der Waals surface area contributed by atoms with Gasteiger partial charge in [-0.2, -0.15) is 0 Å². The second-order valence-corrected chi connectivity index (χ2v) is 4.26. The predicted octanol–water partition coefficient (Wildman–Crippen LogP) is 1.95. The molecule has 20 heavy (non-hydrogen) atoms. The minimum Gasteiger partial charge on any atom is -0.351 e. The Bertz CT molecular complexity index is 367. The van der Waals surface area contributed by atoms with Crippen LogP contribution in [0, 0.1) is 0 Å². The Hall–Kier alpha value is -0.810. The molecule has 0 saturated carbocycles. The van der Waals surface area contributed by atoms with E-state index < -0.39 is 0 Å². The van der Waals surface area contributed by atoms with Crippen molar-refractivity contribution in [2.24, 2.45) is 5.73 Å². The summed E-state index contributed by atoms with van der Waals surface area (Å²) in [5, 5.41) is 2.76. The molecule has 1 amide bonds.